The van der Waals surface area contributed by atoms with E-state index in [0.717, 1.165) is 25.3 Å². The standard InChI is InChI=1S/C16H19ClF2N2/c1-3-10-4-5-13(9(10)2)21-14-7-11(18)6-12(19)16(14)20-15(21)8-17/h6-7,9-10,13H,3-5,8H2,1-2H3. The number of hydrogen-bond donors (Lipinski definition) is 0. The third kappa shape index (κ3) is 2.33. The number of imidazole rings is 1. The van der Waals surface area contributed by atoms with Crippen LogP contribution in [0, 0.1) is 23.5 Å². The Labute approximate surface area is 128 Å². The molecule has 1 aromatic carbocycles. The molecule has 21 heavy (non-hydrogen) atoms. The number of benzene rings is 1. The van der Waals surface area contributed by atoms with Crippen LogP contribution in [-0.2, 0) is 5.88 Å². The summed E-state index contributed by atoms with van der Waals surface area (Å²) in [4.78, 5) is 4.29. The molecule has 1 aliphatic carbocycles. The molecule has 0 saturated heterocycles. The highest BCUT2D eigenvalue weighted by Crippen LogP contribution is 2.44. The monoisotopic (exact) mass is 312 g/mol. The second kappa shape index (κ2) is 5.56. The van der Waals surface area contributed by atoms with Crippen molar-refractivity contribution in [2.45, 2.75) is 45.0 Å². The molecule has 0 aliphatic heterocycles. The van der Waals surface area contributed by atoms with Crippen molar-refractivity contribution in [1.29, 1.82) is 0 Å². The summed E-state index contributed by atoms with van der Waals surface area (Å²) in [5.41, 5.74) is 0.746. The van der Waals surface area contributed by atoms with Gasteiger partial charge in [0.15, 0.2) is 5.82 Å². The van der Waals surface area contributed by atoms with Gasteiger partial charge in [0.05, 0.1) is 11.4 Å². The average molecular weight is 313 g/mol. The first kappa shape index (κ1) is 14.8. The van der Waals surface area contributed by atoms with E-state index in [2.05, 4.69) is 18.8 Å². The Bertz CT molecular complexity index is 668. The number of alkyl halides is 1. The summed E-state index contributed by atoms with van der Waals surface area (Å²) < 4.78 is 29.5. The molecule has 2 nitrogen and oxygen atoms in total. The van der Waals surface area contributed by atoms with Crippen LogP contribution in [0.1, 0.15) is 45.0 Å². The highest BCUT2D eigenvalue weighted by molar-refractivity contribution is 6.16. The third-order valence-corrected chi connectivity index (χ3v) is 5.18. The van der Waals surface area contributed by atoms with Gasteiger partial charge in [-0.05, 0) is 30.7 Å². The van der Waals surface area contributed by atoms with E-state index in [1.807, 2.05) is 4.57 Å². The third-order valence-electron chi connectivity index (χ3n) is 4.95. The molecule has 0 bridgehead atoms. The Balaban J connectivity index is 2.17. The topological polar surface area (TPSA) is 17.8 Å². The molecule has 1 saturated carbocycles. The number of halogens is 3. The maximum Gasteiger partial charge on any atom is 0.153 e. The Hall–Kier alpha value is -1.16. The molecule has 0 spiro atoms. The molecule has 2 aromatic rings. The molecule has 1 aromatic heterocycles. The van der Waals surface area contributed by atoms with Gasteiger partial charge >= 0.3 is 0 Å². The Morgan fingerprint density at radius 1 is 1.33 bits per heavy atom. The van der Waals surface area contributed by atoms with Gasteiger partial charge in [0, 0.05) is 12.1 Å². The summed E-state index contributed by atoms with van der Waals surface area (Å²) in [6, 6.07) is 2.47. The smallest absolute Gasteiger partial charge is 0.153 e. The van der Waals surface area contributed by atoms with Crippen molar-refractivity contribution < 1.29 is 8.78 Å². The SMILES string of the molecule is CCC1CCC(n2c(CCl)nc3c(F)cc(F)cc32)C1C. The van der Waals surface area contributed by atoms with E-state index < -0.39 is 11.6 Å². The van der Waals surface area contributed by atoms with Gasteiger partial charge in [-0.15, -0.1) is 11.6 Å². The van der Waals surface area contributed by atoms with Crippen LogP contribution in [0.4, 0.5) is 8.78 Å². The lowest BCUT2D eigenvalue weighted by Gasteiger charge is -2.23. The molecular formula is C16H19ClF2N2. The van der Waals surface area contributed by atoms with Gasteiger partial charge in [0.25, 0.3) is 0 Å². The van der Waals surface area contributed by atoms with Gasteiger partial charge in [-0.1, -0.05) is 20.3 Å². The summed E-state index contributed by atoms with van der Waals surface area (Å²) in [5.74, 6) is 0.753. The minimum Gasteiger partial charge on any atom is -0.323 e. The van der Waals surface area contributed by atoms with Gasteiger partial charge in [-0.25, -0.2) is 13.8 Å². The first-order chi connectivity index (χ1) is 10.1. The van der Waals surface area contributed by atoms with E-state index in [1.165, 1.54) is 6.07 Å². The maximum atomic E-state index is 13.9. The van der Waals surface area contributed by atoms with Gasteiger partial charge in [-0.2, -0.15) is 0 Å². The molecule has 1 aliphatic rings. The fraction of sp³-hybridized carbons (Fsp3) is 0.562. The van der Waals surface area contributed by atoms with Crippen LogP contribution in [0.2, 0.25) is 0 Å². The molecule has 5 heteroatoms. The first-order valence-corrected chi connectivity index (χ1v) is 8.02. The van der Waals surface area contributed by atoms with Crippen LogP contribution in [0.15, 0.2) is 12.1 Å². The van der Waals surface area contributed by atoms with E-state index >= 15 is 0 Å². The zero-order valence-corrected chi connectivity index (χ0v) is 13.0. The molecule has 0 N–H and O–H groups in total. The maximum absolute atomic E-state index is 13.9. The number of hydrogen-bond acceptors (Lipinski definition) is 1. The summed E-state index contributed by atoms with van der Waals surface area (Å²) in [6.45, 7) is 4.41. The van der Waals surface area contributed by atoms with Crippen LogP contribution in [0.3, 0.4) is 0 Å². The van der Waals surface area contributed by atoms with Crippen LogP contribution in [0.5, 0.6) is 0 Å². The predicted molar refractivity (Wildman–Crippen MR) is 80.4 cm³/mol. The molecule has 0 amide bonds. The van der Waals surface area contributed by atoms with E-state index in [9.17, 15) is 8.78 Å². The van der Waals surface area contributed by atoms with E-state index in [0.29, 0.717) is 23.2 Å². The zero-order valence-electron chi connectivity index (χ0n) is 12.2. The minimum absolute atomic E-state index is 0.204. The summed E-state index contributed by atoms with van der Waals surface area (Å²) in [6.07, 6.45) is 3.28. The van der Waals surface area contributed by atoms with E-state index in [4.69, 9.17) is 11.6 Å². The predicted octanol–water partition coefficient (Wildman–Crippen LogP) is 5.05. The fourth-order valence-corrected chi connectivity index (χ4v) is 3.99. The van der Waals surface area contributed by atoms with Crippen molar-refractivity contribution >= 4 is 22.6 Å². The number of rotatable bonds is 3. The molecule has 3 unspecified atom stereocenters. The largest absolute Gasteiger partial charge is 0.323 e. The quantitative estimate of drug-likeness (QED) is 0.725. The summed E-state index contributed by atoms with van der Waals surface area (Å²) in [5, 5.41) is 0. The van der Waals surface area contributed by atoms with Crippen LogP contribution < -0.4 is 0 Å². The van der Waals surface area contributed by atoms with Crippen LogP contribution in [-0.4, -0.2) is 9.55 Å². The highest BCUT2D eigenvalue weighted by Gasteiger charge is 2.35. The second-order valence-corrected chi connectivity index (χ2v) is 6.23. The molecule has 1 fully saturated rings. The lowest BCUT2D eigenvalue weighted by atomic mass is 9.93. The van der Waals surface area contributed by atoms with Gasteiger partial charge < -0.3 is 4.57 Å². The fourth-order valence-electron chi connectivity index (χ4n) is 3.80. The molecule has 0 radical (unpaired) electrons. The van der Waals surface area contributed by atoms with Crippen molar-refractivity contribution in [2.24, 2.45) is 11.8 Å². The lowest BCUT2D eigenvalue weighted by molar-refractivity contribution is 0.330. The van der Waals surface area contributed by atoms with Crippen molar-refractivity contribution in [3.63, 3.8) is 0 Å². The van der Waals surface area contributed by atoms with Gasteiger partial charge in [0.1, 0.15) is 17.2 Å². The number of aromatic nitrogens is 2. The van der Waals surface area contributed by atoms with Crippen molar-refractivity contribution in [3.05, 3.63) is 29.6 Å². The van der Waals surface area contributed by atoms with Crippen LogP contribution >= 0.6 is 11.6 Å². The Kier molecular flexibility index (Phi) is 3.91. The van der Waals surface area contributed by atoms with E-state index in [1.54, 1.807) is 0 Å². The second-order valence-electron chi connectivity index (χ2n) is 5.96. The highest BCUT2D eigenvalue weighted by atomic mass is 35.5. The van der Waals surface area contributed by atoms with E-state index in [-0.39, 0.29) is 17.4 Å². The summed E-state index contributed by atoms with van der Waals surface area (Å²) in [7, 11) is 0. The average Bonchev–Trinajstić information content (AvgIpc) is 2.99. The van der Waals surface area contributed by atoms with Crippen LogP contribution in [0.25, 0.3) is 11.0 Å². The van der Waals surface area contributed by atoms with Gasteiger partial charge in [0.2, 0.25) is 0 Å². The lowest BCUT2D eigenvalue weighted by Crippen LogP contribution is -2.17. The molecular weight excluding hydrogens is 294 g/mol. The minimum atomic E-state index is -0.618. The molecule has 3 rings (SSSR count). The summed E-state index contributed by atoms with van der Waals surface area (Å²) >= 11 is 5.99. The first-order valence-electron chi connectivity index (χ1n) is 7.48. The van der Waals surface area contributed by atoms with Gasteiger partial charge in [-0.3, -0.25) is 0 Å². The number of fused-ring (bicyclic) bond motifs is 1. The molecule has 114 valence electrons. The zero-order chi connectivity index (χ0) is 15.1. The van der Waals surface area contributed by atoms with Crippen molar-refractivity contribution in [2.75, 3.05) is 0 Å². The normalized spacial score (nSPS) is 25.9. The molecule has 1 heterocycles. The van der Waals surface area contributed by atoms with Crippen molar-refractivity contribution in [1.82, 2.24) is 9.55 Å². The number of nitrogens with zero attached hydrogens (tertiary/aromatic N) is 2. The Morgan fingerprint density at radius 3 is 2.71 bits per heavy atom. The Morgan fingerprint density at radius 2 is 2.10 bits per heavy atom. The molecule has 3 atom stereocenters. The van der Waals surface area contributed by atoms with Crippen molar-refractivity contribution in [3.8, 4) is 0 Å².